The van der Waals surface area contributed by atoms with Crippen LogP contribution in [0.3, 0.4) is 0 Å². The highest BCUT2D eigenvalue weighted by atomic mass is 35.5. The van der Waals surface area contributed by atoms with Crippen molar-refractivity contribution < 1.29 is 0 Å². The van der Waals surface area contributed by atoms with Gasteiger partial charge in [-0.05, 0) is 28.8 Å². The second kappa shape index (κ2) is 8.00. The molecular formula is C21H21ClN2. The molecule has 0 bridgehead atoms. The van der Waals surface area contributed by atoms with Crippen LogP contribution in [0.1, 0.15) is 16.7 Å². The van der Waals surface area contributed by atoms with E-state index in [1.165, 1.54) is 16.7 Å². The molecule has 0 aliphatic carbocycles. The first-order valence-corrected chi connectivity index (χ1v) is 8.42. The van der Waals surface area contributed by atoms with Gasteiger partial charge < -0.3 is 5.73 Å². The predicted octanol–water partition coefficient (Wildman–Crippen LogP) is 5.12. The van der Waals surface area contributed by atoms with Crippen LogP contribution in [0.5, 0.6) is 0 Å². The summed E-state index contributed by atoms with van der Waals surface area (Å²) in [4.78, 5) is 2.41. The van der Waals surface area contributed by atoms with Gasteiger partial charge in [0.2, 0.25) is 0 Å². The minimum absolute atomic E-state index is 0.617. The maximum absolute atomic E-state index is 6.17. The summed E-state index contributed by atoms with van der Waals surface area (Å²) < 4.78 is 0. The van der Waals surface area contributed by atoms with Crippen LogP contribution in [-0.4, -0.2) is 4.90 Å². The summed E-state index contributed by atoms with van der Waals surface area (Å²) in [6.07, 6.45) is 0. The molecule has 0 aromatic heterocycles. The summed E-state index contributed by atoms with van der Waals surface area (Å²) in [5.41, 5.74) is 10.2. The van der Waals surface area contributed by atoms with Gasteiger partial charge in [-0.1, -0.05) is 78.3 Å². The average Bonchev–Trinajstić information content (AvgIpc) is 2.60. The van der Waals surface area contributed by atoms with Gasteiger partial charge in [0.15, 0.2) is 0 Å². The molecule has 3 aromatic rings. The van der Waals surface area contributed by atoms with E-state index in [1.807, 2.05) is 30.3 Å². The maximum Gasteiger partial charge on any atom is 0.0638 e. The van der Waals surface area contributed by atoms with Crippen LogP contribution in [0.4, 0.5) is 5.69 Å². The highest BCUT2D eigenvalue weighted by Crippen LogP contribution is 2.22. The van der Waals surface area contributed by atoms with E-state index in [0.29, 0.717) is 10.7 Å². The van der Waals surface area contributed by atoms with Crippen molar-refractivity contribution >= 4 is 17.3 Å². The number of halogens is 1. The van der Waals surface area contributed by atoms with E-state index in [9.17, 15) is 0 Å². The number of benzene rings is 3. The van der Waals surface area contributed by atoms with Crippen LogP contribution in [0.15, 0.2) is 78.9 Å². The quantitative estimate of drug-likeness (QED) is 0.633. The molecule has 0 unspecified atom stereocenters. The predicted molar refractivity (Wildman–Crippen MR) is 102 cm³/mol. The molecule has 0 saturated carbocycles. The van der Waals surface area contributed by atoms with Gasteiger partial charge in [-0.3, -0.25) is 4.90 Å². The number of hydrogen-bond donors (Lipinski definition) is 1. The molecule has 0 spiro atoms. The molecule has 2 nitrogen and oxygen atoms in total. The fraction of sp³-hybridized carbons (Fsp3) is 0.143. The molecular weight excluding hydrogens is 316 g/mol. The molecule has 24 heavy (non-hydrogen) atoms. The Labute approximate surface area is 148 Å². The molecule has 0 fully saturated rings. The molecule has 0 atom stereocenters. The Morgan fingerprint density at radius 3 is 1.67 bits per heavy atom. The lowest BCUT2D eigenvalue weighted by atomic mass is 10.1. The SMILES string of the molecule is Nc1ccc(CN(Cc2ccccc2)Cc2ccccc2)cc1Cl. The lowest BCUT2D eigenvalue weighted by Crippen LogP contribution is -2.22. The summed E-state index contributed by atoms with van der Waals surface area (Å²) in [5.74, 6) is 0. The van der Waals surface area contributed by atoms with E-state index in [2.05, 4.69) is 53.4 Å². The lowest BCUT2D eigenvalue weighted by Gasteiger charge is -2.23. The normalized spacial score (nSPS) is 10.9. The summed E-state index contributed by atoms with van der Waals surface area (Å²) in [6.45, 7) is 2.60. The van der Waals surface area contributed by atoms with Crippen LogP contribution in [-0.2, 0) is 19.6 Å². The van der Waals surface area contributed by atoms with Gasteiger partial charge in [-0.2, -0.15) is 0 Å². The molecule has 2 N–H and O–H groups in total. The molecule has 0 saturated heterocycles. The standard InChI is InChI=1S/C21H21ClN2/c22-20-13-19(11-12-21(20)23)16-24(14-17-7-3-1-4-8-17)15-18-9-5-2-6-10-18/h1-13H,14-16,23H2. The number of nitrogens with zero attached hydrogens (tertiary/aromatic N) is 1. The first-order valence-electron chi connectivity index (χ1n) is 8.05. The third-order valence-electron chi connectivity index (χ3n) is 3.97. The van der Waals surface area contributed by atoms with Crippen LogP contribution < -0.4 is 5.73 Å². The zero-order valence-corrected chi connectivity index (χ0v) is 14.3. The first-order chi connectivity index (χ1) is 11.7. The fourth-order valence-electron chi connectivity index (χ4n) is 2.78. The van der Waals surface area contributed by atoms with E-state index in [-0.39, 0.29) is 0 Å². The number of nitrogen functional groups attached to an aromatic ring is 1. The van der Waals surface area contributed by atoms with E-state index in [1.54, 1.807) is 0 Å². The zero-order valence-electron chi connectivity index (χ0n) is 13.5. The Balaban J connectivity index is 1.79. The van der Waals surface area contributed by atoms with E-state index in [4.69, 9.17) is 17.3 Å². The van der Waals surface area contributed by atoms with Crippen molar-refractivity contribution in [3.63, 3.8) is 0 Å². The minimum Gasteiger partial charge on any atom is -0.398 e. The van der Waals surface area contributed by atoms with Crippen LogP contribution in [0.2, 0.25) is 5.02 Å². The fourth-order valence-corrected chi connectivity index (χ4v) is 2.98. The summed E-state index contributed by atoms with van der Waals surface area (Å²) in [5, 5.41) is 0.617. The molecule has 0 aliphatic heterocycles. The van der Waals surface area contributed by atoms with Crippen LogP contribution >= 0.6 is 11.6 Å². The maximum atomic E-state index is 6.17. The molecule has 3 aromatic carbocycles. The van der Waals surface area contributed by atoms with Gasteiger partial charge in [0.25, 0.3) is 0 Å². The molecule has 0 radical (unpaired) electrons. The van der Waals surface area contributed by atoms with E-state index < -0.39 is 0 Å². The van der Waals surface area contributed by atoms with Crippen molar-refractivity contribution in [3.05, 3.63) is 101 Å². The lowest BCUT2D eigenvalue weighted by molar-refractivity contribution is 0.248. The molecule has 0 aliphatic rings. The second-order valence-corrected chi connectivity index (χ2v) is 6.38. The first kappa shape index (κ1) is 16.6. The van der Waals surface area contributed by atoms with E-state index in [0.717, 1.165) is 19.6 Å². The van der Waals surface area contributed by atoms with Crippen molar-refractivity contribution in [3.8, 4) is 0 Å². The zero-order chi connectivity index (χ0) is 16.8. The molecule has 0 heterocycles. The van der Waals surface area contributed by atoms with E-state index >= 15 is 0 Å². The Bertz CT molecular complexity index is 731. The highest BCUT2D eigenvalue weighted by molar-refractivity contribution is 6.33. The second-order valence-electron chi connectivity index (χ2n) is 5.97. The smallest absolute Gasteiger partial charge is 0.0638 e. The third kappa shape index (κ3) is 4.60. The van der Waals surface area contributed by atoms with Gasteiger partial charge >= 0.3 is 0 Å². The molecule has 0 amide bonds. The summed E-state index contributed by atoms with van der Waals surface area (Å²) >= 11 is 6.17. The number of nitrogens with two attached hydrogens (primary N) is 1. The van der Waals surface area contributed by atoms with Crippen molar-refractivity contribution in [1.29, 1.82) is 0 Å². The van der Waals surface area contributed by atoms with Gasteiger partial charge in [-0.15, -0.1) is 0 Å². The van der Waals surface area contributed by atoms with Crippen molar-refractivity contribution in [2.45, 2.75) is 19.6 Å². The van der Waals surface area contributed by atoms with Crippen molar-refractivity contribution in [2.75, 3.05) is 5.73 Å². The molecule has 122 valence electrons. The molecule has 3 heteroatoms. The van der Waals surface area contributed by atoms with Gasteiger partial charge in [0, 0.05) is 19.6 Å². The Morgan fingerprint density at radius 1 is 0.667 bits per heavy atom. The Hall–Kier alpha value is -2.29. The minimum atomic E-state index is 0.617. The topological polar surface area (TPSA) is 29.3 Å². The monoisotopic (exact) mass is 336 g/mol. The van der Waals surface area contributed by atoms with Crippen molar-refractivity contribution in [1.82, 2.24) is 4.90 Å². The van der Waals surface area contributed by atoms with Crippen LogP contribution in [0.25, 0.3) is 0 Å². The van der Waals surface area contributed by atoms with Crippen molar-refractivity contribution in [2.24, 2.45) is 0 Å². The van der Waals surface area contributed by atoms with Gasteiger partial charge in [0.1, 0.15) is 0 Å². The highest BCUT2D eigenvalue weighted by Gasteiger charge is 2.09. The Kier molecular flexibility index (Phi) is 5.52. The summed E-state index contributed by atoms with van der Waals surface area (Å²) in [7, 11) is 0. The number of rotatable bonds is 6. The largest absolute Gasteiger partial charge is 0.398 e. The molecule has 3 rings (SSSR count). The third-order valence-corrected chi connectivity index (χ3v) is 4.30. The summed E-state index contributed by atoms with van der Waals surface area (Å²) in [6, 6.07) is 26.9. The Morgan fingerprint density at radius 2 is 1.17 bits per heavy atom. The number of anilines is 1. The number of hydrogen-bond acceptors (Lipinski definition) is 2. The van der Waals surface area contributed by atoms with Crippen LogP contribution in [0, 0.1) is 0 Å². The van der Waals surface area contributed by atoms with Gasteiger partial charge in [0.05, 0.1) is 10.7 Å². The average molecular weight is 337 g/mol. The van der Waals surface area contributed by atoms with Gasteiger partial charge in [-0.25, -0.2) is 0 Å².